The maximum absolute atomic E-state index is 12.9. The highest BCUT2D eigenvalue weighted by Gasteiger charge is 2.40. The Morgan fingerprint density at radius 3 is 2.24 bits per heavy atom. The normalized spacial score (nSPS) is 16.8. The van der Waals surface area contributed by atoms with E-state index in [1.54, 1.807) is 18.2 Å². The van der Waals surface area contributed by atoms with Crippen LogP contribution < -0.4 is 5.32 Å². The van der Waals surface area contributed by atoms with Gasteiger partial charge < -0.3 is 10.2 Å². The second-order valence-electron chi connectivity index (χ2n) is 8.16. The molecule has 1 fully saturated rings. The van der Waals surface area contributed by atoms with Crippen LogP contribution in [0.5, 0.6) is 0 Å². The first-order valence-corrected chi connectivity index (χ1v) is 11.1. The van der Waals surface area contributed by atoms with Crippen LogP contribution in [0.25, 0.3) is 0 Å². The Hall–Kier alpha value is -2.37. The number of nitrogens with zero attached hydrogens (tertiary/aromatic N) is 2. The number of anilines is 1. The van der Waals surface area contributed by atoms with E-state index in [9.17, 15) is 14.4 Å². The first-order valence-electron chi connectivity index (χ1n) is 11.1. The molecule has 0 spiro atoms. The SMILES string of the molecule is CCCCN(CCCC)C(=O)Nc1ccc2c(c1)C(=O)N(C1CCCCC1)C2=O. The minimum atomic E-state index is -0.221. The molecule has 29 heavy (non-hydrogen) atoms. The Bertz CT molecular complexity index is 748. The number of rotatable bonds is 8. The van der Waals surface area contributed by atoms with E-state index in [1.807, 2.05) is 4.90 Å². The van der Waals surface area contributed by atoms with Gasteiger partial charge in [0.05, 0.1) is 11.1 Å². The predicted molar refractivity (Wildman–Crippen MR) is 114 cm³/mol. The summed E-state index contributed by atoms with van der Waals surface area (Å²) in [4.78, 5) is 41.8. The third kappa shape index (κ3) is 4.80. The van der Waals surface area contributed by atoms with E-state index in [2.05, 4.69) is 19.2 Å². The molecule has 1 N–H and O–H groups in total. The van der Waals surface area contributed by atoms with Gasteiger partial charge in [-0.1, -0.05) is 46.0 Å². The van der Waals surface area contributed by atoms with Gasteiger partial charge in [0.25, 0.3) is 11.8 Å². The van der Waals surface area contributed by atoms with Gasteiger partial charge in [-0.2, -0.15) is 0 Å². The highest BCUT2D eigenvalue weighted by atomic mass is 16.2. The van der Waals surface area contributed by atoms with Crippen LogP contribution in [0.2, 0.25) is 0 Å². The number of nitrogens with one attached hydrogen (secondary N) is 1. The smallest absolute Gasteiger partial charge is 0.321 e. The van der Waals surface area contributed by atoms with Crippen molar-refractivity contribution in [2.24, 2.45) is 0 Å². The first-order chi connectivity index (χ1) is 14.1. The minimum Gasteiger partial charge on any atom is -0.325 e. The topological polar surface area (TPSA) is 69.7 Å². The van der Waals surface area contributed by atoms with Crippen molar-refractivity contribution in [3.63, 3.8) is 0 Å². The third-order valence-corrected chi connectivity index (χ3v) is 5.96. The number of unbranched alkanes of at least 4 members (excludes halogenated alkanes) is 2. The molecule has 1 aromatic carbocycles. The number of carbonyl (C=O) groups excluding carboxylic acids is 3. The molecular formula is C23H33N3O3. The van der Waals surface area contributed by atoms with Gasteiger partial charge in [-0.3, -0.25) is 14.5 Å². The summed E-state index contributed by atoms with van der Waals surface area (Å²) in [5.41, 5.74) is 1.43. The second-order valence-corrected chi connectivity index (χ2v) is 8.16. The zero-order valence-corrected chi connectivity index (χ0v) is 17.7. The van der Waals surface area contributed by atoms with Crippen molar-refractivity contribution in [1.82, 2.24) is 9.80 Å². The molecule has 0 unspecified atom stereocenters. The first kappa shape index (κ1) is 21.3. The highest BCUT2D eigenvalue weighted by Crippen LogP contribution is 2.32. The van der Waals surface area contributed by atoms with Crippen LogP contribution in [0.3, 0.4) is 0 Å². The Kier molecular flexibility index (Phi) is 7.29. The molecule has 2 aliphatic rings. The molecule has 4 amide bonds. The lowest BCUT2D eigenvalue weighted by Gasteiger charge is -2.29. The van der Waals surface area contributed by atoms with Crippen molar-refractivity contribution in [2.45, 2.75) is 77.7 Å². The Morgan fingerprint density at radius 1 is 1.00 bits per heavy atom. The molecule has 0 radical (unpaired) electrons. The van der Waals surface area contributed by atoms with Crippen molar-refractivity contribution in [3.8, 4) is 0 Å². The van der Waals surface area contributed by atoms with Crippen LogP contribution in [-0.4, -0.2) is 46.8 Å². The lowest BCUT2D eigenvalue weighted by Crippen LogP contribution is -2.40. The number of hydrogen-bond donors (Lipinski definition) is 1. The number of imide groups is 1. The number of fused-ring (bicyclic) bond motifs is 1. The largest absolute Gasteiger partial charge is 0.325 e. The Balaban J connectivity index is 1.72. The Morgan fingerprint density at radius 2 is 1.62 bits per heavy atom. The van der Waals surface area contributed by atoms with Crippen molar-refractivity contribution in [3.05, 3.63) is 29.3 Å². The Labute approximate surface area is 173 Å². The molecule has 1 aliphatic heterocycles. The standard InChI is InChI=1S/C23H33N3O3/c1-3-5-14-25(15-6-4-2)23(29)24-17-12-13-19-20(16-17)22(28)26(21(19)27)18-10-8-7-9-11-18/h12-13,16,18H,3-11,14-15H2,1-2H3,(H,24,29). The molecule has 0 atom stereocenters. The van der Waals surface area contributed by atoms with Gasteiger partial charge in [0.2, 0.25) is 0 Å². The summed E-state index contributed by atoms with van der Waals surface area (Å²) in [5.74, 6) is -0.413. The molecule has 0 saturated heterocycles. The number of carbonyl (C=O) groups is 3. The molecule has 0 bridgehead atoms. The van der Waals surface area contributed by atoms with Crippen molar-refractivity contribution in [1.29, 1.82) is 0 Å². The summed E-state index contributed by atoms with van der Waals surface area (Å²) in [7, 11) is 0. The molecule has 158 valence electrons. The fraction of sp³-hybridized carbons (Fsp3) is 0.609. The van der Waals surface area contributed by atoms with Crippen LogP contribution in [0.1, 0.15) is 92.4 Å². The van der Waals surface area contributed by atoms with Gasteiger partial charge in [0.15, 0.2) is 0 Å². The maximum Gasteiger partial charge on any atom is 0.321 e. The maximum atomic E-state index is 12.9. The molecule has 1 aromatic rings. The van der Waals surface area contributed by atoms with Crippen LogP contribution >= 0.6 is 0 Å². The van der Waals surface area contributed by atoms with E-state index in [1.165, 1.54) is 11.3 Å². The zero-order valence-electron chi connectivity index (χ0n) is 17.7. The molecule has 0 aromatic heterocycles. The molecule has 1 heterocycles. The molecule has 6 nitrogen and oxygen atoms in total. The van der Waals surface area contributed by atoms with E-state index in [4.69, 9.17) is 0 Å². The van der Waals surface area contributed by atoms with E-state index < -0.39 is 0 Å². The number of hydrogen-bond acceptors (Lipinski definition) is 3. The fourth-order valence-electron chi connectivity index (χ4n) is 4.22. The fourth-order valence-corrected chi connectivity index (χ4v) is 4.22. The monoisotopic (exact) mass is 399 g/mol. The predicted octanol–water partition coefficient (Wildman–Crippen LogP) is 5.05. The quantitative estimate of drug-likeness (QED) is 0.622. The lowest BCUT2D eigenvalue weighted by atomic mass is 9.94. The number of amides is 4. The van der Waals surface area contributed by atoms with Crippen LogP contribution in [0.4, 0.5) is 10.5 Å². The average Bonchev–Trinajstić information content (AvgIpc) is 2.98. The van der Waals surface area contributed by atoms with Crippen LogP contribution in [-0.2, 0) is 0 Å². The summed E-state index contributed by atoms with van der Waals surface area (Å²) in [6, 6.07) is 4.93. The minimum absolute atomic E-state index is 0.00719. The lowest BCUT2D eigenvalue weighted by molar-refractivity contribution is 0.0549. The highest BCUT2D eigenvalue weighted by molar-refractivity contribution is 6.22. The zero-order chi connectivity index (χ0) is 20.8. The van der Waals surface area contributed by atoms with Gasteiger partial charge in [-0.15, -0.1) is 0 Å². The summed E-state index contributed by atoms with van der Waals surface area (Å²) in [6.07, 6.45) is 9.05. The molecule has 1 aliphatic carbocycles. The van der Waals surface area contributed by atoms with Crippen molar-refractivity contribution in [2.75, 3.05) is 18.4 Å². The van der Waals surface area contributed by atoms with E-state index in [0.717, 1.165) is 64.5 Å². The van der Waals surface area contributed by atoms with Gasteiger partial charge in [0, 0.05) is 24.8 Å². The van der Waals surface area contributed by atoms with Gasteiger partial charge in [-0.25, -0.2) is 4.79 Å². The van der Waals surface area contributed by atoms with Gasteiger partial charge >= 0.3 is 6.03 Å². The molecular weight excluding hydrogens is 366 g/mol. The molecule has 6 heteroatoms. The van der Waals surface area contributed by atoms with Crippen LogP contribution in [0.15, 0.2) is 18.2 Å². The summed E-state index contributed by atoms with van der Waals surface area (Å²) < 4.78 is 0. The average molecular weight is 400 g/mol. The second kappa shape index (κ2) is 9.90. The van der Waals surface area contributed by atoms with Gasteiger partial charge in [0.1, 0.15) is 0 Å². The van der Waals surface area contributed by atoms with E-state index >= 15 is 0 Å². The van der Waals surface area contributed by atoms with E-state index in [-0.39, 0.29) is 23.9 Å². The summed E-state index contributed by atoms with van der Waals surface area (Å²) in [6.45, 7) is 5.66. The molecule has 1 saturated carbocycles. The van der Waals surface area contributed by atoms with Gasteiger partial charge in [-0.05, 0) is 43.9 Å². The molecule has 3 rings (SSSR count). The van der Waals surface area contributed by atoms with Crippen LogP contribution in [0, 0.1) is 0 Å². The number of benzene rings is 1. The van der Waals surface area contributed by atoms with E-state index in [0.29, 0.717) is 16.8 Å². The van der Waals surface area contributed by atoms with Crippen molar-refractivity contribution >= 4 is 23.5 Å². The van der Waals surface area contributed by atoms with Crippen molar-refractivity contribution < 1.29 is 14.4 Å². The number of urea groups is 1. The summed E-state index contributed by atoms with van der Waals surface area (Å²) >= 11 is 0. The summed E-state index contributed by atoms with van der Waals surface area (Å²) in [5, 5.41) is 2.92. The third-order valence-electron chi connectivity index (χ3n) is 5.96.